The Kier molecular flexibility index (Phi) is 4.66. The average molecular weight is 449 g/mol. The number of hydrogen-bond donors (Lipinski definition) is 0. The zero-order valence-corrected chi connectivity index (χ0v) is 18.3. The van der Waals surface area contributed by atoms with Gasteiger partial charge in [0.1, 0.15) is 17.2 Å². The van der Waals surface area contributed by atoms with Crippen molar-refractivity contribution in [3.05, 3.63) is 101 Å². The molecule has 2 aliphatic rings. The number of nitrogens with zero attached hydrogens (tertiary/aromatic N) is 1. The van der Waals surface area contributed by atoms with Crippen LogP contribution in [0.5, 0.6) is 17.2 Å². The molecule has 0 saturated heterocycles. The van der Waals surface area contributed by atoms with Crippen molar-refractivity contribution in [1.29, 1.82) is 0 Å². The van der Waals surface area contributed by atoms with Crippen LogP contribution in [-0.4, -0.2) is 23.8 Å². The molecule has 6 nitrogen and oxygen atoms in total. The van der Waals surface area contributed by atoms with E-state index in [9.17, 15) is 9.59 Å². The average Bonchev–Trinajstić information content (AvgIpc) is 3.18. The highest BCUT2D eigenvalue weighted by atomic mass is 16.5. The predicted molar refractivity (Wildman–Crippen MR) is 126 cm³/mol. The van der Waals surface area contributed by atoms with Crippen LogP contribution in [0.4, 0.5) is 0 Å². The number of rotatable bonds is 3. The second kappa shape index (κ2) is 7.85. The molecule has 3 heterocycles. The van der Waals surface area contributed by atoms with Gasteiger partial charge in [-0.15, -0.1) is 0 Å². The zero-order valence-electron chi connectivity index (χ0n) is 18.3. The van der Waals surface area contributed by atoms with E-state index in [4.69, 9.17) is 14.2 Å². The summed E-state index contributed by atoms with van der Waals surface area (Å²) < 4.78 is 16.9. The van der Waals surface area contributed by atoms with Crippen LogP contribution in [0.3, 0.4) is 0 Å². The SMILES string of the molecule is COc1ccc(C=C2Oc3c(ccc4c3C(c3ccnc5ccccc35)CC(=O)O4)C2=O)cc1. The van der Waals surface area contributed by atoms with E-state index >= 15 is 0 Å². The van der Waals surface area contributed by atoms with E-state index in [2.05, 4.69) is 4.98 Å². The Hall–Kier alpha value is -4.45. The maximum absolute atomic E-state index is 13.2. The van der Waals surface area contributed by atoms with Gasteiger partial charge in [0.25, 0.3) is 0 Å². The number of para-hydroxylation sites is 1. The number of Topliss-reactive ketones (excluding diaryl/α,β-unsaturated/α-hetero) is 1. The topological polar surface area (TPSA) is 74.7 Å². The fourth-order valence-electron chi connectivity index (χ4n) is 4.65. The molecular weight excluding hydrogens is 430 g/mol. The van der Waals surface area contributed by atoms with Crippen molar-refractivity contribution < 1.29 is 23.8 Å². The molecule has 0 aliphatic carbocycles. The molecule has 6 heteroatoms. The molecule has 1 atom stereocenters. The zero-order chi connectivity index (χ0) is 23.2. The Labute approximate surface area is 195 Å². The summed E-state index contributed by atoms with van der Waals surface area (Å²) >= 11 is 0. The van der Waals surface area contributed by atoms with Gasteiger partial charge in [-0.25, -0.2) is 0 Å². The van der Waals surface area contributed by atoms with Gasteiger partial charge >= 0.3 is 5.97 Å². The molecule has 6 rings (SSSR count). The summed E-state index contributed by atoms with van der Waals surface area (Å²) in [5.74, 6) is 0.962. The minimum atomic E-state index is -0.327. The maximum atomic E-state index is 13.2. The van der Waals surface area contributed by atoms with Gasteiger partial charge in [0.15, 0.2) is 5.76 Å². The summed E-state index contributed by atoms with van der Waals surface area (Å²) in [7, 11) is 1.60. The molecule has 4 aromatic rings. The van der Waals surface area contributed by atoms with E-state index in [0.29, 0.717) is 22.6 Å². The van der Waals surface area contributed by atoms with Gasteiger partial charge < -0.3 is 14.2 Å². The van der Waals surface area contributed by atoms with E-state index < -0.39 is 0 Å². The van der Waals surface area contributed by atoms with Gasteiger partial charge in [0.2, 0.25) is 5.78 Å². The van der Waals surface area contributed by atoms with Gasteiger partial charge in [-0.1, -0.05) is 30.3 Å². The molecule has 0 amide bonds. The lowest BCUT2D eigenvalue weighted by molar-refractivity contribution is -0.135. The summed E-state index contributed by atoms with van der Waals surface area (Å²) in [6.45, 7) is 0. The number of carbonyl (C=O) groups is 2. The maximum Gasteiger partial charge on any atom is 0.312 e. The number of fused-ring (bicyclic) bond motifs is 4. The molecule has 1 unspecified atom stereocenters. The lowest BCUT2D eigenvalue weighted by Gasteiger charge is -2.27. The second-order valence-electron chi connectivity index (χ2n) is 8.22. The molecule has 3 aromatic carbocycles. The molecule has 0 fully saturated rings. The first-order valence-electron chi connectivity index (χ1n) is 10.9. The van der Waals surface area contributed by atoms with Crippen molar-refractivity contribution in [2.45, 2.75) is 12.3 Å². The highest BCUT2D eigenvalue weighted by Crippen LogP contribution is 2.49. The fourth-order valence-corrected chi connectivity index (χ4v) is 4.65. The Morgan fingerprint density at radius 3 is 2.62 bits per heavy atom. The number of benzene rings is 3. The van der Waals surface area contributed by atoms with Gasteiger partial charge in [0.05, 0.1) is 24.6 Å². The third kappa shape index (κ3) is 3.23. The minimum Gasteiger partial charge on any atom is -0.497 e. The van der Waals surface area contributed by atoms with Crippen molar-refractivity contribution in [2.75, 3.05) is 7.11 Å². The largest absolute Gasteiger partial charge is 0.497 e. The summed E-state index contributed by atoms with van der Waals surface area (Å²) in [6, 6.07) is 20.4. The smallest absolute Gasteiger partial charge is 0.312 e. The Bertz CT molecular complexity index is 1500. The molecule has 1 aromatic heterocycles. The first kappa shape index (κ1) is 20.2. The number of methoxy groups -OCH3 is 1. The van der Waals surface area contributed by atoms with E-state index in [1.54, 1.807) is 31.5 Å². The summed E-state index contributed by atoms with van der Waals surface area (Å²) in [5, 5.41) is 0.951. The van der Waals surface area contributed by atoms with Crippen LogP contribution in [0.2, 0.25) is 0 Å². The Morgan fingerprint density at radius 2 is 1.79 bits per heavy atom. The standard InChI is InChI=1S/C28H19NO5/c1-32-17-8-6-16(7-9-17)14-24-27(31)20-10-11-23-26(28(20)34-24)21(15-25(30)33-23)18-12-13-29-22-5-3-2-4-19(18)22/h2-14,21H,15H2,1H3. The number of hydrogen-bond acceptors (Lipinski definition) is 6. The number of allylic oxidation sites excluding steroid dienone is 1. The number of carbonyl (C=O) groups excluding carboxylic acids is 2. The molecule has 0 saturated carbocycles. The molecule has 34 heavy (non-hydrogen) atoms. The lowest BCUT2D eigenvalue weighted by atomic mass is 9.83. The van der Waals surface area contributed by atoms with Gasteiger partial charge in [-0.05, 0) is 53.6 Å². The van der Waals surface area contributed by atoms with E-state index in [1.807, 2.05) is 54.6 Å². The van der Waals surface area contributed by atoms with Crippen molar-refractivity contribution in [2.24, 2.45) is 0 Å². The van der Waals surface area contributed by atoms with E-state index in [0.717, 1.165) is 27.8 Å². The summed E-state index contributed by atoms with van der Waals surface area (Å²) in [4.78, 5) is 30.1. The molecule has 2 aliphatic heterocycles. The quantitative estimate of drug-likeness (QED) is 0.240. The van der Waals surface area contributed by atoms with Crippen LogP contribution >= 0.6 is 0 Å². The van der Waals surface area contributed by atoms with Gasteiger partial charge in [-0.3, -0.25) is 14.6 Å². The van der Waals surface area contributed by atoms with Gasteiger partial charge in [-0.2, -0.15) is 0 Å². The monoisotopic (exact) mass is 449 g/mol. The summed E-state index contributed by atoms with van der Waals surface area (Å²) in [5.41, 5.74) is 3.76. The van der Waals surface area contributed by atoms with Crippen LogP contribution in [0.25, 0.3) is 17.0 Å². The first-order valence-corrected chi connectivity index (χ1v) is 10.9. The van der Waals surface area contributed by atoms with E-state index in [1.165, 1.54) is 0 Å². The van der Waals surface area contributed by atoms with Crippen LogP contribution in [0.1, 0.15) is 39.4 Å². The highest BCUT2D eigenvalue weighted by molar-refractivity contribution is 6.15. The molecule has 0 N–H and O–H groups in total. The number of aromatic nitrogens is 1. The van der Waals surface area contributed by atoms with Crippen LogP contribution < -0.4 is 14.2 Å². The van der Waals surface area contributed by atoms with Crippen LogP contribution in [-0.2, 0) is 4.79 Å². The number of ether oxygens (including phenoxy) is 3. The highest BCUT2D eigenvalue weighted by Gasteiger charge is 2.39. The summed E-state index contributed by atoms with van der Waals surface area (Å²) in [6.07, 6.45) is 3.59. The van der Waals surface area contributed by atoms with Crippen molar-refractivity contribution >= 4 is 28.7 Å². The first-order chi connectivity index (χ1) is 16.6. The van der Waals surface area contributed by atoms with Gasteiger partial charge in [0, 0.05) is 23.1 Å². The number of esters is 1. The number of ketones is 1. The van der Waals surface area contributed by atoms with Crippen LogP contribution in [0.15, 0.2) is 78.7 Å². The van der Waals surface area contributed by atoms with Crippen LogP contribution in [0, 0.1) is 0 Å². The normalized spacial score (nSPS) is 17.8. The van der Waals surface area contributed by atoms with Crippen molar-refractivity contribution in [3.63, 3.8) is 0 Å². The Balaban J connectivity index is 1.48. The third-order valence-electron chi connectivity index (χ3n) is 6.25. The van der Waals surface area contributed by atoms with Crippen molar-refractivity contribution in [1.82, 2.24) is 4.98 Å². The minimum absolute atomic E-state index is 0.145. The molecule has 0 spiro atoms. The molecule has 0 bridgehead atoms. The molecule has 0 radical (unpaired) electrons. The van der Waals surface area contributed by atoms with E-state index in [-0.39, 0.29) is 29.9 Å². The fraction of sp³-hybridized carbons (Fsp3) is 0.107. The molecular formula is C28H19NO5. The lowest BCUT2D eigenvalue weighted by Crippen LogP contribution is -2.21. The number of pyridine rings is 1. The second-order valence-corrected chi connectivity index (χ2v) is 8.22. The predicted octanol–water partition coefficient (Wildman–Crippen LogP) is 5.30. The molecule has 166 valence electrons. The van der Waals surface area contributed by atoms with Crippen molar-refractivity contribution in [3.8, 4) is 17.2 Å². The third-order valence-corrected chi connectivity index (χ3v) is 6.25. The Morgan fingerprint density at radius 1 is 0.971 bits per heavy atom.